The molecule has 2 aromatic heterocycles. The number of anilines is 1. The number of hydrazone groups is 1. The maximum atomic E-state index is 12.4. The summed E-state index contributed by atoms with van der Waals surface area (Å²) in [5.41, 5.74) is 4.60. The van der Waals surface area contributed by atoms with Gasteiger partial charge in [0.15, 0.2) is 0 Å². The number of nitriles is 1. The van der Waals surface area contributed by atoms with Gasteiger partial charge in [0.25, 0.3) is 5.56 Å². The molecular formula is C26H24N6O3. The average Bonchev–Trinajstić information content (AvgIpc) is 3.39. The van der Waals surface area contributed by atoms with E-state index >= 15 is 0 Å². The molecule has 0 saturated heterocycles. The van der Waals surface area contributed by atoms with E-state index in [2.05, 4.69) is 20.5 Å². The minimum Gasteiger partial charge on any atom is -0.492 e. The predicted molar refractivity (Wildman–Crippen MR) is 134 cm³/mol. The number of nitrogens with one attached hydrogen (secondary N) is 2. The summed E-state index contributed by atoms with van der Waals surface area (Å²) in [7, 11) is 0. The van der Waals surface area contributed by atoms with Crippen molar-refractivity contribution < 1.29 is 9.47 Å². The highest BCUT2D eigenvalue weighted by Gasteiger charge is 2.15. The first-order valence-electron chi connectivity index (χ1n) is 11.1. The van der Waals surface area contributed by atoms with Gasteiger partial charge in [-0.1, -0.05) is 30.3 Å². The van der Waals surface area contributed by atoms with Crippen molar-refractivity contribution >= 4 is 12.2 Å². The largest absolute Gasteiger partial charge is 0.492 e. The average molecular weight is 469 g/mol. The topological polar surface area (TPSA) is 117 Å². The van der Waals surface area contributed by atoms with Crippen LogP contribution in [-0.2, 0) is 0 Å². The van der Waals surface area contributed by atoms with Gasteiger partial charge in [0.05, 0.1) is 25.1 Å². The molecular weight excluding hydrogens is 444 g/mol. The maximum Gasteiger partial charge on any atom is 0.270 e. The summed E-state index contributed by atoms with van der Waals surface area (Å²) in [6.07, 6.45) is 5.42. The molecule has 9 nitrogen and oxygen atoms in total. The second kappa shape index (κ2) is 10.9. The van der Waals surface area contributed by atoms with Crippen LogP contribution >= 0.6 is 0 Å². The zero-order chi connectivity index (χ0) is 24.6. The highest BCUT2D eigenvalue weighted by atomic mass is 16.5. The van der Waals surface area contributed by atoms with Crippen molar-refractivity contribution in [1.82, 2.24) is 14.5 Å². The van der Waals surface area contributed by atoms with Crippen molar-refractivity contribution in [3.8, 4) is 34.5 Å². The molecule has 0 amide bonds. The van der Waals surface area contributed by atoms with Gasteiger partial charge in [-0.05, 0) is 38.1 Å². The van der Waals surface area contributed by atoms with Crippen LogP contribution in [0.3, 0.4) is 0 Å². The number of hydrogen-bond donors (Lipinski definition) is 2. The molecule has 176 valence electrons. The Hall–Kier alpha value is -4.84. The summed E-state index contributed by atoms with van der Waals surface area (Å²) in [6.45, 7) is 4.80. The fraction of sp³-hybridized carbons (Fsp3) is 0.154. The second-order valence-electron chi connectivity index (χ2n) is 7.31. The van der Waals surface area contributed by atoms with Crippen molar-refractivity contribution in [3.05, 3.63) is 88.5 Å². The minimum absolute atomic E-state index is 0.0611. The van der Waals surface area contributed by atoms with Crippen molar-refractivity contribution in [2.75, 3.05) is 18.6 Å². The molecule has 0 bridgehead atoms. The molecule has 0 atom stereocenters. The number of aromatic amines is 1. The molecule has 0 saturated carbocycles. The number of nitrogens with zero attached hydrogens (tertiary/aromatic N) is 4. The zero-order valence-corrected chi connectivity index (χ0v) is 19.4. The fourth-order valence-corrected chi connectivity index (χ4v) is 3.55. The monoisotopic (exact) mass is 468 g/mol. The fourth-order valence-electron chi connectivity index (χ4n) is 3.55. The molecule has 4 rings (SSSR count). The third kappa shape index (κ3) is 5.23. The van der Waals surface area contributed by atoms with Gasteiger partial charge in [-0.25, -0.2) is 10.4 Å². The van der Waals surface area contributed by atoms with E-state index in [1.54, 1.807) is 18.3 Å². The Kier molecular flexibility index (Phi) is 7.23. The van der Waals surface area contributed by atoms with Crippen LogP contribution in [0, 0.1) is 11.3 Å². The molecule has 0 radical (unpaired) electrons. The third-order valence-electron chi connectivity index (χ3n) is 4.99. The summed E-state index contributed by atoms with van der Waals surface area (Å²) >= 11 is 0. The molecule has 2 N–H and O–H groups in total. The number of benzene rings is 2. The lowest BCUT2D eigenvalue weighted by Gasteiger charge is -2.17. The molecule has 2 heterocycles. The number of hydrogen-bond acceptors (Lipinski definition) is 7. The first-order chi connectivity index (χ1) is 17.1. The second-order valence-corrected chi connectivity index (χ2v) is 7.31. The predicted octanol–water partition coefficient (Wildman–Crippen LogP) is 4.34. The Labute approximate surface area is 202 Å². The summed E-state index contributed by atoms with van der Waals surface area (Å²) < 4.78 is 13.7. The molecule has 4 aromatic rings. The molecule has 35 heavy (non-hydrogen) atoms. The van der Waals surface area contributed by atoms with Crippen molar-refractivity contribution in [2.24, 2.45) is 5.10 Å². The lowest BCUT2D eigenvalue weighted by atomic mass is 10.1. The number of H-pyrrole nitrogens is 1. The van der Waals surface area contributed by atoms with Crippen LogP contribution in [0.2, 0.25) is 0 Å². The summed E-state index contributed by atoms with van der Waals surface area (Å²) in [6, 6.07) is 18.5. The molecule has 9 heteroatoms. The SMILES string of the molecule is CCOc1cc(C=NNc2nc(-c3ccccc3)c(C#N)c(=O)[nH]2)cc(OCC)c1-n1cccc1. The molecule has 2 aromatic carbocycles. The normalized spacial score (nSPS) is 10.8. The number of ether oxygens (including phenoxy) is 2. The lowest BCUT2D eigenvalue weighted by Crippen LogP contribution is -2.16. The van der Waals surface area contributed by atoms with Gasteiger partial charge in [-0.2, -0.15) is 10.4 Å². The van der Waals surface area contributed by atoms with E-state index in [-0.39, 0.29) is 17.2 Å². The van der Waals surface area contributed by atoms with Crippen molar-refractivity contribution in [3.63, 3.8) is 0 Å². The summed E-state index contributed by atoms with van der Waals surface area (Å²) in [5, 5.41) is 13.7. The minimum atomic E-state index is -0.549. The van der Waals surface area contributed by atoms with Crippen molar-refractivity contribution in [2.45, 2.75) is 13.8 Å². The van der Waals surface area contributed by atoms with Gasteiger partial charge in [0, 0.05) is 23.5 Å². The summed E-state index contributed by atoms with van der Waals surface area (Å²) in [5.74, 6) is 1.41. The van der Waals surface area contributed by atoms with Gasteiger partial charge in [-0.15, -0.1) is 0 Å². The van der Waals surface area contributed by atoms with Crippen molar-refractivity contribution in [1.29, 1.82) is 5.26 Å². The number of rotatable bonds is 9. The van der Waals surface area contributed by atoms with Crippen LogP contribution in [0.4, 0.5) is 5.95 Å². The van der Waals surface area contributed by atoms with E-state index in [1.165, 1.54) is 0 Å². The standard InChI is InChI=1S/C26H24N6O3/c1-3-34-21-14-18(15-22(35-4-2)24(21)32-12-8-9-13-32)17-28-31-26-29-23(19-10-6-5-7-11-19)20(16-27)25(33)30-26/h5-15,17H,3-4H2,1-2H3,(H2,29,30,31,33). The summed E-state index contributed by atoms with van der Waals surface area (Å²) in [4.78, 5) is 19.4. The lowest BCUT2D eigenvalue weighted by molar-refractivity contribution is 0.321. The van der Waals surface area contributed by atoms with Gasteiger partial charge < -0.3 is 14.0 Å². The highest BCUT2D eigenvalue weighted by molar-refractivity contribution is 5.83. The molecule has 0 unspecified atom stereocenters. The van der Waals surface area contributed by atoms with Gasteiger partial charge >= 0.3 is 0 Å². The zero-order valence-electron chi connectivity index (χ0n) is 19.4. The van der Waals surface area contributed by atoms with Gasteiger partial charge in [0.1, 0.15) is 28.8 Å². The van der Waals surface area contributed by atoms with Gasteiger partial charge in [0.2, 0.25) is 5.95 Å². The van der Waals surface area contributed by atoms with Crippen LogP contribution in [0.15, 0.2) is 76.9 Å². The first-order valence-corrected chi connectivity index (χ1v) is 11.1. The van der Waals surface area contributed by atoms with Crippen LogP contribution in [0.25, 0.3) is 16.9 Å². The molecule has 0 aliphatic heterocycles. The Morgan fingerprint density at radius 1 is 1.09 bits per heavy atom. The van der Waals surface area contributed by atoms with Gasteiger partial charge in [-0.3, -0.25) is 9.78 Å². The maximum absolute atomic E-state index is 12.4. The quantitative estimate of drug-likeness (QED) is 0.279. The third-order valence-corrected chi connectivity index (χ3v) is 4.99. The van der Waals surface area contributed by atoms with Crippen LogP contribution < -0.4 is 20.5 Å². The van der Waals surface area contributed by atoms with Crippen LogP contribution in [-0.4, -0.2) is 34.0 Å². The Morgan fingerprint density at radius 2 is 1.74 bits per heavy atom. The van der Waals surface area contributed by atoms with E-state index in [0.717, 1.165) is 11.3 Å². The Balaban J connectivity index is 1.66. The van der Waals surface area contributed by atoms with E-state index in [1.807, 2.05) is 79.3 Å². The van der Waals surface area contributed by atoms with E-state index in [0.29, 0.717) is 30.3 Å². The van der Waals surface area contributed by atoms with E-state index < -0.39 is 5.56 Å². The Bertz CT molecular complexity index is 1390. The molecule has 0 spiro atoms. The highest BCUT2D eigenvalue weighted by Crippen LogP contribution is 2.34. The first kappa shape index (κ1) is 23.3. The Morgan fingerprint density at radius 3 is 2.34 bits per heavy atom. The molecule has 0 aliphatic carbocycles. The van der Waals surface area contributed by atoms with E-state index in [4.69, 9.17) is 9.47 Å². The number of aromatic nitrogens is 3. The van der Waals surface area contributed by atoms with Crippen LogP contribution in [0.5, 0.6) is 11.5 Å². The molecule has 0 aliphatic rings. The van der Waals surface area contributed by atoms with Crippen LogP contribution in [0.1, 0.15) is 25.0 Å². The smallest absolute Gasteiger partial charge is 0.270 e. The molecule has 0 fully saturated rings. The van der Waals surface area contributed by atoms with E-state index in [9.17, 15) is 10.1 Å².